The standard InChI is InChI=1S/C15H14N2OS.C7H10N2O/c1-10(2)18-15-14(13-8-5-9-19-13)16-11-6-3-4-7-12(11)17-15;1-5(2)7(10)6-3-8-9-4-6/h3-10H,1-2H3;3-5H,1-2H3,(H,8,9). The number of thiophene rings is 1. The Morgan fingerprint density at radius 1 is 1.03 bits per heavy atom. The highest BCUT2D eigenvalue weighted by Gasteiger charge is 2.14. The molecule has 0 saturated heterocycles. The third-order valence-electron chi connectivity index (χ3n) is 3.95. The molecule has 3 heterocycles. The summed E-state index contributed by atoms with van der Waals surface area (Å²) in [6.45, 7) is 7.73. The van der Waals surface area contributed by atoms with Gasteiger partial charge in [-0.15, -0.1) is 11.3 Å². The number of rotatable bonds is 5. The van der Waals surface area contributed by atoms with Crippen LogP contribution in [0, 0.1) is 5.92 Å². The molecule has 3 aromatic heterocycles. The Morgan fingerprint density at radius 2 is 1.76 bits per heavy atom. The molecule has 0 aliphatic heterocycles. The van der Waals surface area contributed by atoms with Gasteiger partial charge in [0.05, 0.1) is 33.8 Å². The Kier molecular flexibility index (Phi) is 6.72. The van der Waals surface area contributed by atoms with Gasteiger partial charge in [0.25, 0.3) is 0 Å². The maximum absolute atomic E-state index is 11.1. The van der Waals surface area contributed by atoms with Crippen LogP contribution in [0.25, 0.3) is 21.6 Å². The fourth-order valence-corrected chi connectivity index (χ4v) is 3.29. The van der Waals surface area contributed by atoms with Crippen molar-refractivity contribution in [3.63, 3.8) is 0 Å². The molecule has 7 heteroatoms. The highest BCUT2D eigenvalue weighted by Crippen LogP contribution is 2.32. The summed E-state index contributed by atoms with van der Waals surface area (Å²) in [5, 5.41) is 8.31. The number of H-pyrrole nitrogens is 1. The zero-order chi connectivity index (χ0) is 20.8. The number of ketones is 1. The summed E-state index contributed by atoms with van der Waals surface area (Å²) in [6, 6.07) is 11.9. The van der Waals surface area contributed by atoms with Crippen molar-refractivity contribution in [3.8, 4) is 16.5 Å². The summed E-state index contributed by atoms with van der Waals surface area (Å²) >= 11 is 1.64. The van der Waals surface area contributed by atoms with E-state index in [1.54, 1.807) is 23.7 Å². The summed E-state index contributed by atoms with van der Waals surface area (Å²) in [7, 11) is 0. The van der Waals surface area contributed by atoms with Crippen LogP contribution in [-0.2, 0) is 0 Å². The van der Waals surface area contributed by atoms with E-state index < -0.39 is 0 Å². The molecule has 0 unspecified atom stereocenters. The fraction of sp³-hybridized carbons (Fsp3) is 0.273. The van der Waals surface area contributed by atoms with E-state index >= 15 is 0 Å². The van der Waals surface area contributed by atoms with Crippen LogP contribution < -0.4 is 4.74 Å². The average Bonchev–Trinajstić information content (AvgIpc) is 3.41. The molecule has 4 aromatic rings. The highest BCUT2D eigenvalue weighted by molar-refractivity contribution is 7.13. The molecule has 0 saturated carbocycles. The Bertz CT molecular complexity index is 1060. The smallest absolute Gasteiger partial charge is 0.242 e. The van der Waals surface area contributed by atoms with Crippen molar-refractivity contribution >= 4 is 28.2 Å². The van der Waals surface area contributed by atoms with Gasteiger partial charge in [-0.2, -0.15) is 5.10 Å². The van der Waals surface area contributed by atoms with E-state index in [2.05, 4.69) is 15.2 Å². The molecule has 29 heavy (non-hydrogen) atoms. The number of hydrogen-bond donors (Lipinski definition) is 1. The van der Waals surface area contributed by atoms with Crippen LogP contribution in [0.15, 0.2) is 54.2 Å². The lowest BCUT2D eigenvalue weighted by Crippen LogP contribution is -2.08. The maximum atomic E-state index is 11.1. The Hall–Kier alpha value is -3.06. The first kappa shape index (κ1) is 20.7. The number of para-hydroxylation sites is 2. The average molecular weight is 409 g/mol. The monoisotopic (exact) mass is 408 g/mol. The quantitative estimate of drug-likeness (QED) is 0.448. The molecule has 4 rings (SSSR count). The largest absolute Gasteiger partial charge is 0.473 e. The van der Waals surface area contributed by atoms with Crippen molar-refractivity contribution in [2.24, 2.45) is 5.92 Å². The van der Waals surface area contributed by atoms with Crippen LogP contribution in [0.5, 0.6) is 5.88 Å². The SMILES string of the molecule is CC(C)C(=O)c1cn[nH]c1.CC(C)Oc1nc2ccccc2nc1-c1cccs1. The van der Waals surface area contributed by atoms with Gasteiger partial charge < -0.3 is 4.74 Å². The van der Waals surface area contributed by atoms with E-state index in [1.807, 2.05) is 69.5 Å². The second kappa shape index (κ2) is 9.43. The number of aromatic nitrogens is 4. The lowest BCUT2D eigenvalue weighted by molar-refractivity contribution is 0.0939. The summed E-state index contributed by atoms with van der Waals surface area (Å²) in [5.41, 5.74) is 3.23. The van der Waals surface area contributed by atoms with Gasteiger partial charge in [-0.1, -0.05) is 32.0 Å². The number of Topliss-reactive ketones (excluding diaryl/α,β-unsaturated/α-hetero) is 1. The number of fused-ring (bicyclic) bond motifs is 1. The lowest BCUT2D eigenvalue weighted by Gasteiger charge is -2.12. The highest BCUT2D eigenvalue weighted by atomic mass is 32.1. The van der Waals surface area contributed by atoms with Crippen molar-refractivity contribution in [1.82, 2.24) is 20.2 Å². The number of nitrogens with zero attached hydrogens (tertiary/aromatic N) is 3. The van der Waals surface area contributed by atoms with Crippen LogP contribution in [0.2, 0.25) is 0 Å². The molecular weight excluding hydrogens is 384 g/mol. The third kappa shape index (κ3) is 5.26. The number of benzene rings is 1. The van der Waals surface area contributed by atoms with E-state index in [1.165, 1.54) is 0 Å². The van der Waals surface area contributed by atoms with Crippen molar-refractivity contribution < 1.29 is 9.53 Å². The molecule has 0 spiro atoms. The lowest BCUT2D eigenvalue weighted by atomic mass is 10.1. The van der Waals surface area contributed by atoms with Crippen LogP contribution in [0.4, 0.5) is 0 Å². The second-order valence-corrected chi connectivity index (χ2v) is 7.96. The molecule has 0 radical (unpaired) electrons. The topological polar surface area (TPSA) is 80.8 Å². The van der Waals surface area contributed by atoms with Crippen LogP contribution in [-0.4, -0.2) is 32.1 Å². The second-order valence-electron chi connectivity index (χ2n) is 7.02. The Labute approximate surface area is 174 Å². The van der Waals surface area contributed by atoms with E-state index in [0.29, 0.717) is 11.4 Å². The predicted octanol–water partition coefficient (Wildman–Crippen LogP) is 5.39. The molecule has 6 nitrogen and oxygen atoms in total. The third-order valence-corrected chi connectivity index (χ3v) is 4.82. The van der Waals surface area contributed by atoms with Gasteiger partial charge >= 0.3 is 0 Å². The summed E-state index contributed by atoms with van der Waals surface area (Å²) in [6.07, 6.45) is 3.24. The predicted molar refractivity (Wildman–Crippen MR) is 116 cm³/mol. The molecule has 0 aliphatic carbocycles. The van der Waals surface area contributed by atoms with E-state index in [9.17, 15) is 4.79 Å². The van der Waals surface area contributed by atoms with Crippen molar-refractivity contribution in [2.45, 2.75) is 33.8 Å². The Morgan fingerprint density at radius 3 is 2.31 bits per heavy atom. The molecular formula is C22H24N4O2S. The van der Waals surface area contributed by atoms with Gasteiger partial charge in [0, 0.05) is 12.1 Å². The zero-order valence-electron chi connectivity index (χ0n) is 16.9. The number of nitrogens with one attached hydrogen (secondary N) is 1. The van der Waals surface area contributed by atoms with Gasteiger partial charge in [-0.25, -0.2) is 9.97 Å². The van der Waals surface area contributed by atoms with Gasteiger partial charge in [0.1, 0.15) is 5.69 Å². The number of aromatic amines is 1. The number of carbonyl (C=O) groups is 1. The molecule has 0 bridgehead atoms. The van der Waals surface area contributed by atoms with E-state index in [4.69, 9.17) is 9.72 Å². The molecule has 0 atom stereocenters. The minimum atomic E-state index is 0.0533. The zero-order valence-corrected chi connectivity index (χ0v) is 17.7. The first-order valence-corrected chi connectivity index (χ1v) is 10.3. The number of carbonyl (C=O) groups excluding carboxylic acids is 1. The molecule has 1 aromatic carbocycles. The Balaban J connectivity index is 0.000000204. The van der Waals surface area contributed by atoms with Crippen molar-refractivity contribution in [2.75, 3.05) is 0 Å². The number of hydrogen-bond acceptors (Lipinski definition) is 6. The minimum Gasteiger partial charge on any atom is -0.473 e. The first-order valence-electron chi connectivity index (χ1n) is 9.46. The molecule has 1 N–H and O–H groups in total. The number of ether oxygens (including phenoxy) is 1. The van der Waals surface area contributed by atoms with Gasteiger partial charge in [-0.3, -0.25) is 9.89 Å². The summed E-state index contributed by atoms with van der Waals surface area (Å²) in [5.74, 6) is 0.794. The van der Waals surface area contributed by atoms with Crippen LogP contribution >= 0.6 is 11.3 Å². The summed E-state index contributed by atoms with van der Waals surface area (Å²) in [4.78, 5) is 21.5. The van der Waals surface area contributed by atoms with Crippen LogP contribution in [0.3, 0.4) is 0 Å². The maximum Gasteiger partial charge on any atom is 0.242 e. The first-order chi connectivity index (χ1) is 14.0. The van der Waals surface area contributed by atoms with Gasteiger partial charge in [0.15, 0.2) is 5.78 Å². The van der Waals surface area contributed by atoms with Gasteiger partial charge in [-0.05, 0) is 37.4 Å². The van der Waals surface area contributed by atoms with Crippen molar-refractivity contribution in [3.05, 3.63) is 59.7 Å². The molecule has 0 amide bonds. The molecule has 0 aliphatic rings. The molecule has 150 valence electrons. The summed E-state index contributed by atoms with van der Waals surface area (Å²) < 4.78 is 5.81. The minimum absolute atomic E-state index is 0.0533. The van der Waals surface area contributed by atoms with E-state index in [0.717, 1.165) is 21.6 Å². The van der Waals surface area contributed by atoms with Crippen LogP contribution in [0.1, 0.15) is 38.1 Å². The van der Waals surface area contributed by atoms with Crippen molar-refractivity contribution in [1.29, 1.82) is 0 Å². The fourth-order valence-electron chi connectivity index (χ4n) is 2.58. The normalized spacial score (nSPS) is 10.8. The molecule has 0 fully saturated rings. The van der Waals surface area contributed by atoms with Gasteiger partial charge in [0.2, 0.25) is 5.88 Å². The van der Waals surface area contributed by atoms with E-state index in [-0.39, 0.29) is 17.8 Å².